The number of methoxy groups -OCH3 is 1. The standard InChI is InChI=1S/C26H19F2NO6/c1-32-22-11-15(6-9-21(22)35-26(27)28)10-19-17-4-2-3-5-18(17)24(30)29(25(19)31)13-16-7-8-20-23(12-16)34-14-33-20/h2-12,26H,13-14H2,1H3/b19-10+. The molecule has 0 atom stereocenters. The third kappa shape index (κ3) is 4.28. The molecule has 0 spiro atoms. The third-order valence-electron chi connectivity index (χ3n) is 5.66. The Morgan fingerprint density at radius 1 is 0.943 bits per heavy atom. The maximum absolute atomic E-state index is 13.5. The lowest BCUT2D eigenvalue weighted by molar-refractivity contribution is -0.123. The summed E-state index contributed by atoms with van der Waals surface area (Å²) >= 11 is 0. The number of halogens is 2. The van der Waals surface area contributed by atoms with E-state index in [1.807, 2.05) is 0 Å². The van der Waals surface area contributed by atoms with Crippen molar-refractivity contribution in [3.63, 3.8) is 0 Å². The summed E-state index contributed by atoms with van der Waals surface area (Å²) in [6, 6.07) is 16.4. The monoisotopic (exact) mass is 479 g/mol. The summed E-state index contributed by atoms with van der Waals surface area (Å²) in [5, 5.41) is 0. The van der Waals surface area contributed by atoms with Gasteiger partial charge in [-0.15, -0.1) is 0 Å². The number of rotatable bonds is 6. The van der Waals surface area contributed by atoms with Crippen LogP contribution in [0.4, 0.5) is 8.78 Å². The van der Waals surface area contributed by atoms with Gasteiger partial charge in [-0.05, 0) is 53.1 Å². The Kier molecular flexibility index (Phi) is 5.82. The smallest absolute Gasteiger partial charge is 0.387 e. The van der Waals surface area contributed by atoms with Crippen molar-refractivity contribution in [3.05, 3.63) is 82.9 Å². The number of benzene rings is 3. The number of alkyl halides is 2. The van der Waals surface area contributed by atoms with Gasteiger partial charge in [-0.25, -0.2) is 0 Å². The second-order valence-electron chi connectivity index (χ2n) is 7.78. The lowest BCUT2D eigenvalue weighted by Gasteiger charge is -2.29. The minimum atomic E-state index is -3.00. The van der Waals surface area contributed by atoms with Crippen LogP contribution in [0, 0.1) is 0 Å². The van der Waals surface area contributed by atoms with Crippen LogP contribution in [-0.4, -0.2) is 37.2 Å². The zero-order valence-electron chi connectivity index (χ0n) is 18.5. The Labute approximate surface area is 199 Å². The van der Waals surface area contributed by atoms with Crippen molar-refractivity contribution in [1.82, 2.24) is 4.90 Å². The summed E-state index contributed by atoms with van der Waals surface area (Å²) in [5.74, 6) is 0.207. The first-order valence-electron chi connectivity index (χ1n) is 10.6. The second-order valence-corrected chi connectivity index (χ2v) is 7.78. The SMILES string of the molecule is COc1cc(/C=C2/C(=O)N(Cc3ccc4c(c3)OCO4)C(=O)c3ccccc32)ccc1OC(F)F. The maximum Gasteiger partial charge on any atom is 0.387 e. The molecule has 9 heteroatoms. The van der Waals surface area contributed by atoms with E-state index in [4.69, 9.17) is 14.2 Å². The van der Waals surface area contributed by atoms with Crippen molar-refractivity contribution in [1.29, 1.82) is 0 Å². The minimum Gasteiger partial charge on any atom is -0.493 e. The lowest BCUT2D eigenvalue weighted by Crippen LogP contribution is -2.41. The fraction of sp³-hybridized carbons (Fsp3) is 0.154. The van der Waals surface area contributed by atoms with E-state index >= 15 is 0 Å². The molecule has 0 bridgehead atoms. The predicted octanol–water partition coefficient (Wildman–Crippen LogP) is 4.75. The van der Waals surface area contributed by atoms with E-state index in [1.54, 1.807) is 48.5 Å². The highest BCUT2D eigenvalue weighted by atomic mass is 19.3. The summed E-state index contributed by atoms with van der Waals surface area (Å²) in [6.07, 6.45) is 1.59. The number of carbonyl (C=O) groups is 2. The van der Waals surface area contributed by atoms with Crippen molar-refractivity contribution < 1.29 is 37.3 Å². The molecule has 2 amide bonds. The number of carbonyl (C=O) groups excluding carboxylic acids is 2. The van der Waals surface area contributed by atoms with Crippen molar-refractivity contribution in [2.24, 2.45) is 0 Å². The normalized spacial score (nSPS) is 15.5. The van der Waals surface area contributed by atoms with Crippen LogP contribution in [0.3, 0.4) is 0 Å². The van der Waals surface area contributed by atoms with Crippen LogP contribution in [0.1, 0.15) is 27.0 Å². The number of ether oxygens (including phenoxy) is 4. The number of fused-ring (bicyclic) bond motifs is 2. The number of hydrogen-bond acceptors (Lipinski definition) is 6. The van der Waals surface area contributed by atoms with Crippen LogP contribution >= 0.6 is 0 Å². The van der Waals surface area contributed by atoms with Gasteiger partial charge in [-0.3, -0.25) is 14.5 Å². The molecular formula is C26H19F2NO6. The largest absolute Gasteiger partial charge is 0.493 e. The first-order chi connectivity index (χ1) is 16.9. The molecule has 7 nitrogen and oxygen atoms in total. The fourth-order valence-electron chi connectivity index (χ4n) is 4.04. The van der Waals surface area contributed by atoms with Crippen LogP contribution in [0.25, 0.3) is 11.6 Å². The molecule has 0 fully saturated rings. The van der Waals surface area contributed by atoms with Gasteiger partial charge < -0.3 is 18.9 Å². The molecule has 0 unspecified atom stereocenters. The molecule has 0 aliphatic carbocycles. The summed E-state index contributed by atoms with van der Waals surface area (Å²) in [6.45, 7) is -2.86. The van der Waals surface area contributed by atoms with Crippen LogP contribution < -0.4 is 18.9 Å². The molecular weight excluding hydrogens is 460 g/mol. The van der Waals surface area contributed by atoms with E-state index < -0.39 is 18.4 Å². The number of nitrogens with zero attached hydrogens (tertiary/aromatic N) is 1. The molecule has 5 rings (SSSR count). The Balaban J connectivity index is 1.53. The van der Waals surface area contributed by atoms with E-state index in [1.165, 1.54) is 25.3 Å². The molecule has 178 valence electrons. The van der Waals surface area contributed by atoms with Crippen molar-refractivity contribution in [2.45, 2.75) is 13.2 Å². The summed E-state index contributed by atoms with van der Waals surface area (Å²) in [7, 11) is 1.33. The topological polar surface area (TPSA) is 74.3 Å². The lowest BCUT2D eigenvalue weighted by atomic mass is 9.91. The number of imide groups is 1. The van der Waals surface area contributed by atoms with Crippen molar-refractivity contribution in [3.8, 4) is 23.0 Å². The van der Waals surface area contributed by atoms with Gasteiger partial charge in [0.1, 0.15) is 0 Å². The van der Waals surface area contributed by atoms with Crippen LogP contribution in [0.15, 0.2) is 60.7 Å². The van der Waals surface area contributed by atoms with E-state index in [0.29, 0.717) is 33.8 Å². The van der Waals surface area contributed by atoms with Crippen molar-refractivity contribution in [2.75, 3.05) is 13.9 Å². The van der Waals surface area contributed by atoms with E-state index in [-0.39, 0.29) is 30.4 Å². The number of amides is 2. The fourth-order valence-corrected chi connectivity index (χ4v) is 4.04. The van der Waals surface area contributed by atoms with E-state index in [0.717, 1.165) is 4.90 Å². The summed E-state index contributed by atoms with van der Waals surface area (Å²) < 4.78 is 45.7. The Hall–Kier alpha value is -4.40. The highest BCUT2D eigenvalue weighted by molar-refractivity contribution is 6.33. The Morgan fingerprint density at radius 2 is 1.71 bits per heavy atom. The maximum atomic E-state index is 13.5. The van der Waals surface area contributed by atoms with Gasteiger partial charge in [0, 0.05) is 11.1 Å². The first kappa shape index (κ1) is 22.4. The molecule has 3 aromatic rings. The molecule has 35 heavy (non-hydrogen) atoms. The molecule has 0 radical (unpaired) electrons. The Bertz CT molecular complexity index is 1350. The molecule has 2 heterocycles. The quantitative estimate of drug-likeness (QED) is 0.375. The summed E-state index contributed by atoms with van der Waals surface area (Å²) in [4.78, 5) is 27.9. The van der Waals surface area contributed by atoms with Crippen LogP contribution in [0.5, 0.6) is 23.0 Å². The highest BCUT2D eigenvalue weighted by Crippen LogP contribution is 2.36. The number of hydrogen-bond donors (Lipinski definition) is 0. The third-order valence-corrected chi connectivity index (χ3v) is 5.66. The van der Waals surface area contributed by atoms with Gasteiger partial charge in [0.05, 0.1) is 13.7 Å². The van der Waals surface area contributed by atoms with Crippen LogP contribution in [0.2, 0.25) is 0 Å². The molecule has 2 aliphatic heterocycles. The van der Waals surface area contributed by atoms with Gasteiger partial charge in [0.25, 0.3) is 11.8 Å². The highest BCUT2D eigenvalue weighted by Gasteiger charge is 2.35. The predicted molar refractivity (Wildman–Crippen MR) is 121 cm³/mol. The Morgan fingerprint density at radius 3 is 2.49 bits per heavy atom. The summed E-state index contributed by atoms with van der Waals surface area (Å²) in [5.41, 5.74) is 2.36. The molecule has 0 saturated heterocycles. The molecule has 0 aromatic heterocycles. The van der Waals surface area contributed by atoms with Crippen molar-refractivity contribution >= 4 is 23.5 Å². The molecule has 3 aromatic carbocycles. The average molecular weight is 479 g/mol. The molecule has 0 N–H and O–H groups in total. The van der Waals surface area contributed by atoms with Gasteiger partial charge >= 0.3 is 6.61 Å². The molecule has 2 aliphatic rings. The average Bonchev–Trinajstić information content (AvgIpc) is 3.33. The van der Waals surface area contributed by atoms with E-state index in [9.17, 15) is 18.4 Å². The second kappa shape index (κ2) is 9.09. The van der Waals surface area contributed by atoms with Gasteiger partial charge in [0.15, 0.2) is 23.0 Å². The zero-order chi connectivity index (χ0) is 24.5. The van der Waals surface area contributed by atoms with Gasteiger partial charge in [-0.1, -0.05) is 30.3 Å². The first-order valence-corrected chi connectivity index (χ1v) is 10.6. The van der Waals surface area contributed by atoms with E-state index in [2.05, 4.69) is 4.74 Å². The minimum absolute atomic E-state index is 0.0322. The van der Waals surface area contributed by atoms with Crippen LogP contribution in [-0.2, 0) is 11.3 Å². The van der Waals surface area contributed by atoms with Gasteiger partial charge in [0.2, 0.25) is 6.79 Å². The zero-order valence-corrected chi connectivity index (χ0v) is 18.5. The molecule has 0 saturated carbocycles. The van der Waals surface area contributed by atoms with Gasteiger partial charge in [-0.2, -0.15) is 8.78 Å².